The van der Waals surface area contributed by atoms with Crippen molar-refractivity contribution < 1.29 is 28.6 Å². The molecule has 6 nitrogen and oxygen atoms in total. The van der Waals surface area contributed by atoms with Crippen LogP contribution in [-0.2, 0) is 28.6 Å². The summed E-state index contributed by atoms with van der Waals surface area (Å²) in [4.78, 5) is 38.3. The van der Waals surface area contributed by atoms with Crippen LogP contribution in [0, 0.1) is 0 Å². The summed E-state index contributed by atoms with van der Waals surface area (Å²) >= 11 is 0. The number of hydrogen-bond donors (Lipinski definition) is 0. The van der Waals surface area contributed by atoms with Crippen molar-refractivity contribution in [2.75, 3.05) is 13.2 Å². The average Bonchev–Trinajstić information content (AvgIpc) is 3.40. The Kier molecular flexibility index (Phi) is 59.3. The second-order valence-electron chi connectivity index (χ2n) is 20.9. The van der Waals surface area contributed by atoms with Gasteiger partial charge in [0.25, 0.3) is 0 Å². The minimum atomic E-state index is -0.788. The van der Waals surface area contributed by atoms with Crippen LogP contribution in [0.4, 0.5) is 0 Å². The lowest BCUT2D eigenvalue weighted by Crippen LogP contribution is -2.30. The Morgan fingerprint density at radius 1 is 0.284 bits per heavy atom. The van der Waals surface area contributed by atoms with E-state index in [1.807, 2.05) is 0 Å². The molecule has 0 aliphatic rings. The molecule has 0 aliphatic carbocycles. The molecule has 0 bridgehead atoms. The molecule has 0 aromatic carbocycles. The summed E-state index contributed by atoms with van der Waals surface area (Å²) in [7, 11) is 0. The molecule has 0 radical (unpaired) electrons. The first kappa shape index (κ1) is 70.6. The van der Waals surface area contributed by atoms with Gasteiger partial charge in [0.15, 0.2) is 6.10 Å². The van der Waals surface area contributed by atoms with Gasteiger partial charge in [-0.05, 0) is 116 Å². The molecule has 1 atom stereocenters. The SMILES string of the molecule is CC/C=C\C/C=C\C/C=C\C/C=C\C/C=C\CCCCCCCCCC(=O)OCC(COC(=O)CCCCCCC/C=C\CCCCCCCC)OC(=O)CCCCCCCCC/C=C\CCCCCCCCC. The van der Waals surface area contributed by atoms with Gasteiger partial charge in [-0.15, -0.1) is 0 Å². The fourth-order valence-corrected chi connectivity index (χ4v) is 8.87. The molecule has 0 saturated carbocycles. The zero-order valence-corrected chi connectivity index (χ0v) is 48.8. The highest BCUT2D eigenvalue weighted by atomic mass is 16.6. The first-order valence-electron chi connectivity index (χ1n) is 31.6. The molecular formula is C68H118O6. The van der Waals surface area contributed by atoms with Gasteiger partial charge in [-0.25, -0.2) is 0 Å². The standard InChI is InChI=1S/C68H118O6/c1-4-7-10-13-16-19-22-25-28-30-32-33-34-35-36-38-40-43-46-49-52-55-58-61-67(70)73-64-65(63-72-66(69)60-57-54-51-48-45-42-39-27-24-21-18-15-12-9-6-3)74-68(71)62-59-56-53-50-47-44-41-37-31-29-26-23-20-17-14-11-8-5-2/h7,10,16,19,25,27-29,31-33,35-36,39,65H,4-6,8-9,11-15,17-18,20-24,26,30,34,37-38,40-64H2,1-3H3/b10-7-,19-16-,28-25-,31-29-,33-32-,36-35-,39-27-. The smallest absolute Gasteiger partial charge is 0.306 e. The molecule has 0 rings (SSSR count). The molecule has 426 valence electrons. The lowest BCUT2D eigenvalue weighted by Gasteiger charge is -2.18. The number of carbonyl (C=O) groups excluding carboxylic acids is 3. The molecule has 0 fully saturated rings. The van der Waals surface area contributed by atoms with E-state index in [4.69, 9.17) is 14.2 Å². The Hall–Kier alpha value is -3.41. The second-order valence-corrected chi connectivity index (χ2v) is 20.9. The highest BCUT2D eigenvalue weighted by Crippen LogP contribution is 2.16. The lowest BCUT2D eigenvalue weighted by molar-refractivity contribution is -0.167. The highest BCUT2D eigenvalue weighted by molar-refractivity contribution is 5.71. The first-order valence-corrected chi connectivity index (χ1v) is 31.6. The van der Waals surface area contributed by atoms with Gasteiger partial charge in [0.1, 0.15) is 13.2 Å². The molecule has 74 heavy (non-hydrogen) atoms. The van der Waals surface area contributed by atoms with E-state index < -0.39 is 6.10 Å². The van der Waals surface area contributed by atoms with Gasteiger partial charge < -0.3 is 14.2 Å². The van der Waals surface area contributed by atoms with Crippen molar-refractivity contribution in [1.29, 1.82) is 0 Å². The third kappa shape index (κ3) is 59.5. The Balaban J connectivity index is 4.39. The van der Waals surface area contributed by atoms with Gasteiger partial charge in [-0.2, -0.15) is 0 Å². The van der Waals surface area contributed by atoms with E-state index >= 15 is 0 Å². The monoisotopic (exact) mass is 1030 g/mol. The second kappa shape index (κ2) is 62.1. The maximum atomic E-state index is 12.9. The third-order valence-electron chi connectivity index (χ3n) is 13.6. The Morgan fingerprint density at radius 2 is 0.527 bits per heavy atom. The summed E-state index contributed by atoms with van der Waals surface area (Å²) in [5.74, 6) is -0.897. The van der Waals surface area contributed by atoms with Gasteiger partial charge in [0, 0.05) is 19.3 Å². The molecule has 0 aromatic rings. The first-order chi connectivity index (χ1) is 36.5. The number of hydrogen-bond acceptors (Lipinski definition) is 6. The third-order valence-corrected chi connectivity index (χ3v) is 13.6. The topological polar surface area (TPSA) is 78.9 Å². The molecule has 1 unspecified atom stereocenters. The number of ether oxygens (including phenoxy) is 3. The summed E-state index contributed by atoms with van der Waals surface area (Å²) in [6, 6.07) is 0. The summed E-state index contributed by atoms with van der Waals surface area (Å²) < 4.78 is 16.9. The van der Waals surface area contributed by atoms with Crippen LogP contribution in [0.5, 0.6) is 0 Å². The minimum absolute atomic E-state index is 0.0850. The van der Waals surface area contributed by atoms with Gasteiger partial charge in [0.2, 0.25) is 0 Å². The summed E-state index contributed by atoms with van der Waals surface area (Å²) in [6.45, 7) is 6.53. The van der Waals surface area contributed by atoms with Crippen molar-refractivity contribution in [2.24, 2.45) is 0 Å². The molecule has 0 aliphatic heterocycles. The van der Waals surface area contributed by atoms with Gasteiger partial charge in [-0.3, -0.25) is 14.4 Å². The molecule has 0 aromatic heterocycles. The van der Waals surface area contributed by atoms with Crippen LogP contribution >= 0.6 is 0 Å². The average molecular weight is 1030 g/mol. The fraction of sp³-hybridized carbons (Fsp3) is 0.750. The van der Waals surface area contributed by atoms with Crippen LogP contribution in [0.15, 0.2) is 85.1 Å². The van der Waals surface area contributed by atoms with Gasteiger partial charge >= 0.3 is 17.9 Å². The predicted octanol–water partition coefficient (Wildman–Crippen LogP) is 21.5. The molecular weight excluding hydrogens is 913 g/mol. The molecule has 0 saturated heterocycles. The van der Waals surface area contributed by atoms with Crippen molar-refractivity contribution in [1.82, 2.24) is 0 Å². The van der Waals surface area contributed by atoms with Crippen LogP contribution in [0.25, 0.3) is 0 Å². The molecule has 0 spiro atoms. The zero-order chi connectivity index (χ0) is 53.6. The summed E-state index contributed by atoms with van der Waals surface area (Å²) in [5.41, 5.74) is 0. The summed E-state index contributed by atoms with van der Waals surface area (Å²) in [5, 5.41) is 0. The van der Waals surface area contributed by atoms with Crippen molar-refractivity contribution >= 4 is 17.9 Å². The Labute approximate surface area is 458 Å². The van der Waals surface area contributed by atoms with E-state index in [9.17, 15) is 14.4 Å². The minimum Gasteiger partial charge on any atom is -0.462 e. The largest absolute Gasteiger partial charge is 0.462 e. The summed E-state index contributed by atoms with van der Waals surface area (Å²) in [6.07, 6.45) is 81.5. The van der Waals surface area contributed by atoms with Crippen LogP contribution < -0.4 is 0 Å². The predicted molar refractivity (Wildman–Crippen MR) is 321 cm³/mol. The number of allylic oxidation sites excluding steroid dienone is 14. The quantitative estimate of drug-likeness (QED) is 0.0261. The van der Waals surface area contributed by atoms with E-state index in [-0.39, 0.29) is 31.1 Å². The molecule has 0 amide bonds. The Morgan fingerprint density at radius 3 is 0.838 bits per heavy atom. The Bertz CT molecular complexity index is 1420. The normalized spacial score (nSPS) is 12.6. The van der Waals surface area contributed by atoms with Crippen molar-refractivity contribution in [3.63, 3.8) is 0 Å². The highest BCUT2D eigenvalue weighted by Gasteiger charge is 2.19. The van der Waals surface area contributed by atoms with Crippen molar-refractivity contribution in [3.05, 3.63) is 85.1 Å². The van der Waals surface area contributed by atoms with E-state index in [0.29, 0.717) is 19.3 Å². The fourth-order valence-electron chi connectivity index (χ4n) is 8.87. The van der Waals surface area contributed by atoms with Crippen LogP contribution in [-0.4, -0.2) is 37.2 Å². The van der Waals surface area contributed by atoms with Crippen LogP contribution in [0.3, 0.4) is 0 Å². The van der Waals surface area contributed by atoms with E-state index in [2.05, 4.69) is 106 Å². The molecule has 0 N–H and O–H groups in total. The van der Waals surface area contributed by atoms with E-state index in [0.717, 1.165) is 103 Å². The van der Waals surface area contributed by atoms with Gasteiger partial charge in [0.05, 0.1) is 0 Å². The number of esters is 3. The van der Waals surface area contributed by atoms with E-state index in [1.165, 1.54) is 167 Å². The zero-order valence-electron chi connectivity index (χ0n) is 48.8. The molecule has 0 heterocycles. The number of unbranched alkanes of at least 4 members (excludes halogenated alkanes) is 32. The van der Waals surface area contributed by atoms with Crippen molar-refractivity contribution in [3.8, 4) is 0 Å². The van der Waals surface area contributed by atoms with E-state index in [1.54, 1.807) is 0 Å². The number of carbonyl (C=O) groups is 3. The van der Waals surface area contributed by atoms with Crippen LogP contribution in [0.1, 0.15) is 310 Å². The van der Waals surface area contributed by atoms with Gasteiger partial charge in [-0.1, -0.05) is 260 Å². The number of rotatable bonds is 57. The maximum Gasteiger partial charge on any atom is 0.306 e. The molecule has 6 heteroatoms. The van der Waals surface area contributed by atoms with Crippen molar-refractivity contribution in [2.45, 2.75) is 316 Å². The van der Waals surface area contributed by atoms with Crippen LogP contribution in [0.2, 0.25) is 0 Å². The lowest BCUT2D eigenvalue weighted by atomic mass is 10.1. The maximum absolute atomic E-state index is 12.9.